The summed E-state index contributed by atoms with van der Waals surface area (Å²) in [6.45, 7) is 3.52. The summed E-state index contributed by atoms with van der Waals surface area (Å²) in [7, 11) is 0. The molecule has 8 heteroatoms. The maximum atomic E-state index is 12.1. The van der Waals surface area contributed by atoms with Crippen molar-refractivity contribution < 1.29 is 4.79 Å². The minimum Gasteiger partial charge on any atom is -0.336 e. The van der Waals surface area contributed by atoms with Crippen LogP contribution in [0.25, 0.3) is 0 Å². The lowest BCUT2D eigenvalue weighted by atomic mass is 10.3. The zero-order chi connectivity index (χ0) is 14.7. The number of halogens is 1. The molecule has 0 radical (unpaired) electrons. The summed E-state index contributed by atoms with van der Waals surface area (Å²) in [5, 5.41) is 11.3. The summed E-state index contributed by atoms with van der Waals surface area (Å²) in [4.78, 5) is 12.1. The molecule has 1 amide bonds. The van der Waals surface area contributed by atoms with Crippen LogP contribution < -0.4 is 11.2 Å². The number of nitrogen functional groups attached to an aromatic ring is 1. The minimum absolute atomic E-state index is 0.141. The summed E-state index contributed by atoms with van der Waals surface area (Å²) < 4.78 is 1.36. The van der Waals surface area contributed by atoms with Crippen LogP contribution in [-0.4, -0.2) is 26.0 Å². The summed E-state index contributed by atoms with van der Waals surface area (Å²) in [5.41, 5.74) is 0.692. The molecule has 1 heterocycles. The van der Waals surface area contributed by atoms with Crippen molar-refractivity contribution >= 4 is 35.0 Å². The Bertz CT molecular complexity index is 613. The zero-order valence-electron chi connectivity index (χ0n) is 11.0. The average Bonchev–Trinajstić information content (AvgIpc) is 2.73. The largest absolute Gasteiger partial charge is 0.336 e. The number of nitrogens with zero attached hydrogens (tertiary/aromatic N) is 3. The van der Waals surface area contributed by atoms with E-state index in [2.05, 4.69) is 15.5 Å². The Balaban J connectivity index is 1.98. The monoisotopic (exact) mass is 311 g/mol. The van der Waals surface area contributed by atoms with E-state index in [4.69, 9.17) is 17.4 Å². The molecule has 0 aliphatic carbocycles. The SMILES string of the molecule is Cc1nnc(S[C@H](C)C(=O)Nc2ccc(Cl)cc2)n1N. The van der Waals surface area contributed by atoms with Gasteiger partial charge in [-0.1, -0.05) is 23.4 Å². The van der Waals surface area contributed by atoms with Gasteiger partial charge in [0.25, 0.3) is 0 Å². The van der Waals surface area contributed by atoms with Gasteiger partial charge in [0.05, 0.1) is 5.25 Å². The van der Waals surface area contributed by atoms with E-state index >= 15 is 0 Å². The summed E-state index contributed by atoms with van der Waals surface area (Å²) >= 11 is 7.04. The molecule has 20 heavy (non-hydrogen) atoms. The fourth-order valence-corrected chi connectivity index (χ4v) is 2.36. The van der Waals surface area contributed by atoms with Crippen molar-refractivity contribution in [1.29, 1.82) is 0 Å². The van der Waals surface area contributed by atoms with Gasteiger partial charge in [0, 0.05) is 10.7 Å². The van der Waals surface area contributed by atoms with Gasteiger partial charge in [0.15, 0.2) is 0 Å². The van der Waals surface area contributed by atoms with E-state index in [0.717, 1.165) is 0 Å². The summed E-state index contributed by atoms with van der Waals surface area (Å²) in [6.07, 6.45) is 0. The number of hydrogen-bond donors (Lipinski definition) is 2. The minimum atomic E-state index is -0.350. The molecule has 1 aromatic carbocycles. The topological polar surface area (TPSA) is 85.8 Å². The first kappa shape index (κ1) is 14.7. The number of anilines is 1. The highest BCUT2D eigenvalue weighted by atomic mass is 35.5. The van der Waals surface area contributed by atoms with Crippen molar-refractivity contribution in [3.05, 3.63) is 35.1 Å². The Hall–Kier alpha value is -1.73. The molecule has 3 N–H and O–H groups in total. The second-order valence-electron chi connectivity index (χ2n) is 4.16. The molecule has 6 nitrogen and oxygen atoms in total. The molecule has 0 aliphatic heterocycles. The first-order valence-electron chi connectivity index (χ1n) is 5.87. The van der Waals surface area contributed by atoms with Crippen LogP contribution in [-0.2, 0) is 4.79 Å². The summed E-state index contributed by atoms with van der Waals surface area (Å²) in [6, 6.07) is 6.92. The number of carbonyl (C=O) groups is 1. The van der Waals surface area contributed by atoms with Crippen molar-refractivity contribution in [3.8, 4) is 0 Å². The van der Waals surface area contributed by atoms with Gasteiger partial charge in [0.1, 0.15) is 5.82 Å². The van der Waals surface area contributed by atoms with Gasteiger partial charge in [-0.25, -0.2) is 4.68 Å². The van der Waals surface area contributed by atoms with E-state index in [9.17, 15) is 4.79 Å². The lowest BCUT2D eigenvalue weighted by Gasteiger charge is -2.11. The van der Waals surface area contributed by atoms with E-state index in [1.165, 1.54) is 16.4 Å². The van der Waals surface area contributed by atoms with Crippen LogP contribution in [0.15, 0.2) is 29.4 Å². The van der Waals surface area contributed by atoms with Gasteiger partial charge in [-0.15, -0.1) is 10.2 Å². The Morgan fingerprint density at radius 3 is 2.60 bits per heavy atom. The van der Waals surface area contributed by atoms with E-state index in [0.29, 0.717) is 21.7 Å². The van der Waals surface area contributed by atoms with Crippen LogP contribution in [0.2, 0.25) is 5.02 Å². The number of rotatable bonds is 4. The van der Waals surface area contributed by atoms with Gasteiger partial charge in [-0.05, 0) is 38.1 Å². The van der Waals surface area contributed by atoms with Crippen molar-refractivity contribution in [1.82, 2.24) is 14.9 Å². The standard InChI is InChI=1S/C12H14ClN5OS/c1-7(20-12-17-16-8(2)18(12)14)11(19)15-10-5-3-9(13)4-6-10/h3-7H,14H2,1-2H3,(H,15,19)/t7-/m1/s1. The number of amides is 1. The Kier molecular flexibility index (Phi) is 4.51. The lowest BCUT2D eigenvalue weighted by molar-refractivity contribution is -0.115. The van der Waals surface area contributed by atoms with Crippen LogP contribution in [0.1, 0.15) is 12.7 Å². The molecule has 0 unspecified atom stereocenters. The first-order chi connectivity index (χ1) is 9.47. The van der Waals surface area contributed by atoms with Crippen LogP contribution in [0, 0.1) is 6.92 Å². The van der Waals surface area contributed by atoms with E-state index in [-0.39, 0.29) is 11.2 Å². The van der Waals surface area contributed by atoms with Gasteiger partial charge in [-0.3, -0.25) is 4.79 Å². The van der Waals surface area contributed by atoms with Crippen LogP contribution >= 0.6 is 23.4 Å². The van der Waals surface area contributed by atoms with Gasteiger partial charge in [0.2, 0.25) is 11.1 Å². The maximum Gasteiger partial charge on any atom is 0.237 e. The van der Waals surface area contributed by atoms with E-state index in [1.54, 1.807) is 38.1 Å². The predicted molar refractivity (Wildman–Crippen MR) is 80.3 cm³/mol. The van der Waals surface area contributed by atoms with E-state index in [1.807, 2.05) is 0 Å². The van der Waals surface area contributed by atoms with Crippen LogP contribution in [0.3, 0.4) is 0 Å². The van der Waals surface area contributed by atoms with Crippen molar-refractivity contribution in [2.45, 2.75) is 24.3 Å². The van der Waals surface area contributed by atoms with Gasteiger partial charge >= 0.3 is 0 Å². The quantitative estimate of drug-likeness (QED) is 0.667. The normalized spacial score (nSPS) is 12.2. The first-order valence-corrected chi connectivity index (χ1v) is 7.13. The highest BCUT2D eigenvalue weighted by Gasteiger charge is 2.18. The maximum absolute atomic E-state index is 12.1. The second kappa shape index (κ2) is 6.15. The Labute approximate surface area is 125 Å². The molecule has 0 aliphatic rings. The van der Waals surface area contributed by atoms with Gasteiger partial charge < -0.3 is 11.2 Å². The molecule has 1 atom stereocenters. The molecule has 0 bridgehead atoms. The van der Waals surface area contributed by atoms with E-state index < -0.39 is 0 Å². The lowest BCUT2D eigenvalue weighted by Crippen LogP contribution is -2.23. The molecule has 0 spiro atoms. The predicted octanol–water partition coefficient (Wildman–Crippen LogP) is 2.07. The zero-order valence-corrected chi connectivity index (χ0v) is 12.6. The van der Waals surface area contributed by atoms with Gasteiger partial charge in [-0.2, -0.15) is 0 Å². The Morgan fingerprint density at radius 1 is 1.40 bits per heavy atom. The Morgan fingerprint density at radius 2 is 2.05 bits per heavy atom. The number of benzene rings is 1. The molecule has 2 rings (SSSR count). The smallest absolute Gasteiger partial charge is 0.237 e. The van der Waals surface area contributed by atoms with Crippen molar-refractivity contribution in [2.75, 3.05) is 11.2 Å². The highest BCUT2D eigenvalue weighted by Crippen LogP contribution is 2.22. The molecule has 0 saturated carbocycles. The second-order valence-corrected chi connectivity index (χ2v) is 5.90. The number of aryl methyl sites for hydroxylation is 1. The third kappa shape index (κ3) is 3.43. The van der Waals surface area contributed by atoms with Crippen LogP contribution in [0.4, 0.5) is 5.69 Å². The molecule has 0 fully saturated rings. The molecule has 106 valence electrons. The van der Waals surface area contributed by atoms with Crippen LogP contribution in [0.5, 0.6) is 0 Å². The number of aromatic nitrogens is 3. The number of nitrogens with two attached hydrogens (primary N) is 1. The highest BCUT2D eigenvalue weighted by molar-refractivity contribution is 8.00. The average molecular weight is 312 g/mol. The molecule has 2 aromatic rings. The number of thioether (sulfide) groups is 1. The molecule has 1 aromatic heterocycles. The van der Waals surface area contributed by atoms with Crippen molar-refractivity contribution in [2.24, 2.45) is 0 Å². The molecular formula is C12H14ClN5OS. The number of hydrogen-bond acceptors (Lipinski definition) is 5. The molecular weight excluding hydrogens is 298 g/mol. The fraction of sp³-hybridized carbons (Fsp3) is 0.250. The number of nitrogens with one attached hydrogen (secondary N) is 1. The number of carbonyl (C=O) groups excluding carboxylic acids is 1. The third-order valence-electron chi connectivity index (χ3n) is 2.60. The summed E-state index contributed by atoms with van der Waals surface area (Å²) in [5.74, 6) is 6.20. The van der Waals surface area contributed by atoms with Crippen molar-refractivity contribution in [3.63, 3.8) is 0 Å². The third-order valence-corrected chi connectivity index (χ3v) is 3.91. The molecule has 0 saturated heterocycles. The fourth-order valence-electron chi connectivity index (χ4n) is 1.42.